The van der Waals surface area contributed by atoms with Crippen LogP contribution in [0.2, 0.25) is 0 Å². The summed E-state index contributed by atoms with van der Waals surface area (Å²) in [7, 11) is 0. The van der Waals surface area contributed by atoms with Crippen LogP contribution in [0.5, 0.6) is 0 Å². The molecule has 2 aromatic rings. The number of rotatable bonds is 2. The van der Waals surface area contributed by atoms with Crippen LogP contribution in [0.1, 0.15) is 28.1 Å². The van der Waals surface area contributed by atoms with E-state index >= 15 is 0 Å². The van der Waals surface area contributed by atoms with E-state index < -0.39 is 0 Å². The van der Waals surface area contributed by atoms with Gasteiger partial charge >= 0.3 is 0 Å². The summed E-state index contributed by atoms with van der Waals surface area (Å²) in [6.45, 7) is 5.99. The van der Waals surface area contributed by atoms with E-state index in [-0.39, 0.29) is 0 Å². The zero-order chi connectivity index (χ0) is 13.4. The van der Waals surface area contributed by atoms with Gasteiger partial charge in [-0.1, -0.05) is 6.92 Å². The third kappa shape index (κ3) is 2.28. The van der Waals surface area contributed by atoms with E-state index in [9.17, 15) is 0 Å². The summed E-state index contributed by atoms with van der Waals surface area (Å²) in [5.41, 5.74) is 8.03. The number of aryl methyl sites for hydroxylation is 2. The molecule has 1 aliphatic rings. The Morgan fingerprint density at radius 3 is 3.05 bits per heavy atom. The molecule has 0 bridgehead atoms. The molecule has 2 aromatic heterocycles. The number of nitrogen functional groups attached to an aromatic ring is 1. The normalized spacial score (nSPS) is 14.5. The average Bonchev–Trinajstić information content (AvgIpc) is 2.83. The maximum atomic E-state index is 5.70. The molecule has 0 saturated heterocycles. The number of nitrogens with zero attached hydrogens (tertiary/aromatic N) is 4. The zero-order valence-electron chi connectivity index (χ0n) is 11.2. The molecule has 0 spiro atoms. The van der Waals surface area contributed by atoms with E-state index in [2.05, 4.69) is 26.8 Å². The Bertz CT molecular complexity index is 607. The Kier molecular flexibility index (Phi) is 3.10. The summed E-state index contributed by atoms with van der Waals surface area (Å²) in [6.07, 6.45) is 3.78. The van der Waals surface area contributed by atoms with Crippen LogP contribution in [0.4, 0.5) is 11.8 Å². The van der Waals surface area contributed by atoms with Crippen molar-refractivity contribution in [2.45, 2.75) is 33.2 Å². The van der Waals surface area contributed by atoms with Crippen molar-refractivity contribution in [2.75, 3.05) is 17.2 Å². The minimum atomic E-state index is 0.338. The van der Waals surface area contributed by atoms with Crippen LogP contribution in [0, 0.1) is 6.92 Å². The Balaban J connectivity index is 1.90. The second-order valence-electron chi connectivity index (χ2n) is 4.74. The van der Waals surface area contributed by atoms with Crippen molar-refractivity contribution in [1.82, 2.24) is 15.0 Å². The topological polar surface area (TPSA) is 67.9 Å². The van der Waals surface area contributed by atoms with E-state index in [1.54, 1.807) is 6.20 Å². The van der Waals surface area contributed by atoms with Gasteiger partial charge in [-0.3, -0.25) is 0 Å². The minimum absolute atomic E-state index is 0.338. The fourth-order valence-corrected chi connectivity index (χ4v) is 3.42. The van der Waals surface area contributed by atoms with Gasteiger partial charge in [0.05, 0.1) is 17.2 Å². The van der Waals surface area contributed by atoms with Gasteiger partial charge in [-0.25, -0.2) is 9.97 Å². The van der Waals surface area contributed by atoms with E-state index in [0.29, 0.717) is 5.95 Å². The van der Waals surface area contributed by atoms with E-state index in [1.165, 1.54) is 15.6 Å². The first-order chi connectivity index (χ1) is 9.17. The molecule has 3 heterocycles. The van der Waals surface area contributed by atoms with Gasteiger partial charge in [0, 0.05) is 29.6 Å². The van der Waals surface area contributed by atoms with Crippen LogP contribution in [-0.2, 0) is 19.4 Å². The highest BCUT2D eigenvalue weighted by molar-refractivity contribution is 7.11. The van der Waals surface area contributed by atoms with Gasteiger partial charge in [-0.15, -0.1) is 11.3 Å². The number of thiazole rings is 1. The number of nitrogens with two attached hydrogens (primary N) is 1. The molecular formula is C13H17N5S. The largest absolute Gasteiger partial charge is 0.368 e. The monoisotopic (exact) mass is 275 g/mol. The number of fused-ring (bicyclic) bond motifs is 1. The molecule has 0 amide bonds. The maximum Gasteiger partial charge on any atom is 0.221 e. The SMILES string of the molecule is CCc1nc2c(s1)CN(c1nc(N)ncc1C)CC2. The smallest absolute Gasteiger partial charge is 0.221 e. The predicted molar refractivity (Wildman–Crippen MR) is 77.4 cm³/mol. The number of hydrogen-bond acceptors (Lipinski definition) is 6. The highest BCUT2D eigenvalue weighted by atomic mass is 32.1. The molecule has 0 aliphatic carbocycles. The molecule has 0 fully saturated rings. The minimum Gasteiger partial charge on any atom is -0.368 e. The van der Waals surface area contributed by atoms with Crippen LogP contribution >= 0.6 is 11.3 Å². The summed E-state index contributed by atoms with van der Waals surface area (Å²) in [4.78, 5) is 16.7. The van der Waals surface area contributed by atoms with E-state index in [1.807, 2.05) is 18.3 Å². The van der Waals surface area contributed by atoms with Crippen molar-refractivity contribution in [2.24, 2.45) is 0 Å². The second kappa shape index (κ2) is 4.77. The van der Waals surface area contributed by atoms with Crippen molar-refractivity contribution >= 4 is 23.1 Å². The number of hydrogen-bond donors (Lipinski definition) is 1. The summed E-state index contributed by atoms with van der Waals surface area (Å²) in [6, 6.07) is 0. The lowest BCUT2D eigenvalue weighted by atomic mass is 10.1. The highest BCUT2D eigenvalue weighted by Gasteiger charge is 2.22. The summed E-state index contributed by atoms with van der Waals surface area (Å²) in [5.74, 6) is 1.29. The molecule has 100 valence electrons. The van der Waals surface area contributed by atoms with E-state index in [4.69, 9.17) is 5.73 Å². The maximum absolute atomic E-state index is 5.70. The predicted octanol–water partition coefficient (Wildman–Crippen LogP) is 1.95. The van der Waals surface area contributed by atoms with Gasteiger partial charge in [0.25, 0.3) is 0 Å². The van der Waals surface area contributed by atoms with Crippen LogP contribution in [0.3, 0.4) is 0 Å². The molecule has 5 nitrogen and oxygen atoms in total. The standard InChI is InChI=1S/C13H17N5S/c1-3-11-16-9-4-5-18(7-10(9)19-11)12-8(2)6-15-13(14)17-12/h6H,3-5,7H2,1-2H3,(H2,14,15,17). The summed E-state index contributed by atoms with van der Waals surface area (Å²) < 4.78 is 0. The number of anilines is 2. The molecule has 0 atom stereocenters. The van der Waals surface area contributed by atoms with Gasteiger partial charge in [0.1, 0.15) is 5.82 Å². The molecule has 0 radical (unpaired) electrons. The lowest BCUT2D eigenvalue weighted by Gasteiger charge is -2.28. The molecule has 0 saturated carbocycles. The molecular weight excluding hydrogens is 258 g/mol. The van der Waals surface area contributed by atoms with Crippen LogP contribution in [-0.4, -0.2) is 21.5 Å². The molecule has 2 N–H and O–H groups in total. The highest BCUT2D eigenvalue weighted by Crippen LogP contribution is 2.29. The molecule has 6 heteroatoms. The summed E-state index contributed by atoms with van der Waals surface area (Å²) >= 11 is 1.82. The van der Waals surface area contributed by atoms with Gasteiger partial charge in [-0.2, -0.15) is 4.98 Å². The van der Waals surface area contributed by atoms with Crippen molar-refractivity contribution in [3.8, 4) is 0 Å². The van der Waals surface area contributed by atoms with E-state index in [0.717, 1.165) is 37.3 Å². The van der Waals surface area contributed by atoms with Gasteiger partial charge in [-0.05, 0) is 13.3 Å². The molecule has 0 unspecified atom stereocenters. The summed E-state index contributed by atoms with van der Waals surface area (Å²) in [5, 5.41) is 1.23. The van der Waals surface area contributed by atoms with Gasteiger partial charge < -0.3 is 10.6 Å². The van der Waals surface area contributed by atoms with Crippen molar-refractivity contribution in [1.29, 1.82) is 0 Å². The van der Waals surface area contributed by atoms with Crippen molar-refractivity contribution in [3.63, 3.8) is 0 Å². The average molecular weight is 275 g/mol. The Hall–Kier alpha value is -1.69. The van der Waals surface area contributed by atoms with Crippen LogP contribution < -0.4 is 10.6 Å². The van der Waals surface area contributed by atoms with Crippen molar-refractivity contribution < 1.29 is 0 Å². The first-order valence-electron chi connectivity index (χ1n) is 6.49. The quantitative estimate of drug-likeness (QED) is 0.907. The fraction of sp³-hybridized carbons (Fsp3) is 0.462. The first-order valence-corrected chi connectivity index (χ1v) is 7.30. The molecule has 19 heavy (non-hydrogen) atoms. The second-order valence-corrected chi connectivity index (χ2v) is 5.91. The molecule has 1 aliphatic heterocycles. The van der Waals surface area contributed by atoms with Crippen LogP contribution in [0.15, 0.2) is 6.20 Å². The molecule has 3 rings (SSSR count). The number of aromatic nitrogens is 3. The lowest BCUT2D eigenvalue weighted by Crippen LogP contribution is -2.31. The first kappa shape index (κ1) is 12.3. The molecule has 0 aromatic carbocycles. The lowest BCUT2D eigenvalue weighted by molar-refractivity contribution is 0.713. The van der Waals surface area contributed by atoms with Crippen molar-refractivity contribution in [3.05, 3.63) is 27.3 Å². The Morgan fingerprint density at radius 2 is 2.26 bits per heavy atom. The Morgan fingerprint density at radius 1 is 1.42 bits per heavy atom. The Labute approximate surface area is 116 Å². The zero-order valence-corrected chi connectivity index (χ0v) is 12.0. The third-order valence-corrected chi connectivity index (χ3v) is 4.57. The van der Waals surface area contributed by atoms with Gasteiger partial charge in [0.15, 0.2) is 0 Å². The van der Waals surface area contributed by atoms with Crippen LogP contribution in [0.25, 0.3) is 0 Å². The third-order valence-electron chi connectivity index (χ3n) is 3.34. The fourth-order valence-electron chi connectivity index (χ4n) is 2.35. The van der Waals surface area contributed by atoms with Gasteiger partial charge in [0.2, 0.25) is 5.95 Å².